The average molecular weight is 210 g/mol. The second-order valence-electron chi connectivity index (χ2n) is 5.04. The van der Waals surface area contributed by atoms with Crippen molar-refractivity contribution in [3.05, 3.63) is 0 Å². The van der Waals surface area contributed by atoms with E-state index in [9.17, 15) is 4.79 Å². The number of hydrogen-bond donors (Lipinski definition) is 2. The Morgan fingerprint density at radius 3 is 2.73 bits per heavy atom. The summed E-state index contributed by atoms with van der Waals surface area (Å²) in [6.45, 7) is 3.22. The molecule has 0 radical (unpaired) electrons. The molecule has 1 aliphatic heterocycles. The van der Waals surface area contributed by atoms with E-state index in [2.05, 4.69) is 17.6 Å². The van der Waals surface area contributed by atoms with Gasteiger partial charge in [0, 0.05) is 18.5 Å². The Labute approximate surface area is 92.0 Å². The highest BCUT2D eigenvalue weighted by Crippen LogP contribution is 2.29. The molecule has 2 fully saturated rings. The molecule has 2 N–H and O–H groups in total. The summed E-state index contributed by atoms with van der Waals surface area (Å²) in [5.41, 5.74) is 0. The maximum atomic E-state index is 11.7. The highest BCUT2D eigenvalue weighted by Gasteiger charge is 2.26. The summed E-state index contributed by atoms with van der Waals surface area (Å²) in [7, 11) is 0. The first-order valence-electron chi connectivity index (χ1n) is 6.28. The van der Waals surface area contributed by atoms with E-state index >= 15 is 0 Å². The Morgan fingerprint density at radius 2 is 2.20 bits per heavy atom. The summed E-state index contributed by atoms with van der Waals surface area (Å²) in [4.78, 5) is 11.7. The zero-order chi connectivity index (χ0) is 10.7. The Balaban J connectivity index is 1.66. The van der Waals surface area contributed by atoms with Crippen molar-refractivity contribution in [3.63, 3.8) is 0 Å². The van der Waals surface area contributed by atoms with Crippen LogP contribution in [0.4, 0.5) is 0 Å². The molecule has 2 atom stereocenters. The molecule has 2 unspecified atom stereocenters. The van der Waals surface area contributed by atoms with E-state index in [0.29, 0.717) is 18.5 Å². The Morgan fingerprint density at radius 1 is 1.40 bits per heavy atom. The van der Waals surface area contributed by atoms with Gasteiger partial charge >= 0.3 is 0 Å². The molecule has 1 saturated carbocycles. The monoisotopic (exact) mass is 210 g/mol. The van der Waals surface area contributed by atoms with E-state index in [4.69, 9.17) is 0 Å². The van der Waals surface area contributed by atoms with Gasteiger partial charge in [-0.15, -0.1) is 0 Å². The van der Waals surface area contributed by atoms with Crippen LogP contribution in [0.3, 0.4) is 0 Å². The zero-order valence-electron chi connectivity index (χ0n) is 9.59. The maximum Gasteiger partial charge on any atom is 0.221 e. The second-order valence-corrected chi connectivity index (χ2v) is 5.04. The number of rotatable bonds is 4. The van der Waals surface area contributed by atoms with Crippen LogP contribution in [0.2, 0.25) is 0 Å². The van der Waals surface area contributed by atoms with E-state index in [-0.39, 0.29) is 5.91 Å². The largest absolute Gasteiger partial charge is 0.353 e. The molecule has 0 bridgehead atoms. The molecule has 3 heteroatoms. The predicted molar refractivity (Wildman–Crippen MR) is 60.6 cm³/mol. The average Bonchev–Trinajstić information content (AvgIpc) is 2.52. The van der Waals surface area contributed by atoms with Gasteiger partial charge in [0.1, 0.15) is 0 Å². The van der Waals surface area contributed by atoms with Gasteiger partial charge in [0.05, 0.1) is 0 Å². The lowest BCUT2D eigenvalue weighted by Crippen LogP contribution is -2.42. The van der Waals surface area contributed by atoms with Gasteiger partial charge in [0.2, 0.25) is 5.91 Å². The van der Waals surface area contributed by atoms with Gasteiger partial charge in [0.25, 0.3) is 0 Å². The van der Waals surface area contributed by atoms with Crippen molar-refractivity contribution in [2.24, 2.45) is 5.92 Å². The van der Waals surface area contributed by atoms with E-state index in [0.717, 1.165) is 18.9 Å². The van der Waals surface area contributed by atoms with Gasteiger partial charge in [0.15, 0.2) is 0 Å². The molecule has 1 saturated heterocycles. The molecular formula is C12H22N2O. The molecule has 86 valence electrons. The van der Waals surface area contributed by atoms with E-state index in [1.807, 2.05) is 0 Å². The fraction of sp³-hybridized carbons (Fsp3) is 0.917. The lowest BCUT2D eigenvalue weighted by molar-refractivity contribution is -0.122. The highest BCUT2D eigenvalue weighted by molar-refractivity contribution is 5.76. The van der Waals surface area contributed by atoms with Crippen LogP contribution in [-0.2, 0) is 4.79 Å². The normalized spacial score (nSPS) is 28.5. The van der Waals surface area contributed by atoms with E-state index in [1.54, 1.807) is 0 Å². The van der Waals surface area contributed by atoms with Crippen molar-refractivity contribution in [3.8, 4) is 0 Å². The van der Waals surface area contributed by atoms with Gasteiger partial charge in [-0.25, -0.2) is 0 Å². The number of nitrogens with one attached hydrogen (secondary N) is 2. The first kappa shape index (κ1) is 10.9. The highest BCUT2D eigenvalue weighted by atomic mass is 16.1. The molecule has 15 heavy (non-hydrogen) atoms. The molecule has 0 aromatic heterocycles. The molecular weight excluding hydrogens is 188 g/mol. The maximum absolute atomic E-state index is 11.7. The third-order valence-electron chi connectivity index (χ3n) is 3.84. The standard InChI is InChI=1S/C12H22N2O/c1-9(10-4-2-5-10)14-12(15)8-11-6-3-7-13-11/h9-11,13H,2-8H2,1H3,(H,14,15). The molecule has 2 aliphatic rings. The van der Waals surface area contributed by atoms with Gasteiger partial charge in [-0.2, -0.15) is 0 Å². The molecule has 1 heterocycles. The van der Waals surface area contributed by atoms with Crippen molar-refractivity contribution < 1.29 is 4.79 Å². The molecule has 0 aromatic carbocycles. The third kappa shape index (κ3) is 2.94. The number of hydrogen-bond acceptors (Lipinski definition) is 2. The van der Waals surface area contributed by atoms with Gasteiger partial charge in [-0.05, 0) is 45.1 Å². The third-order valence-corrected chi connectivity index (χ3v) is 3.84. The fourth-order valence-electron chi connectivity index (χ4n) is 2.53. The minimum atomic E-state index is 0.230. The van der Waals surface area contributed by atoms with Crippen LogP contribution in [0, 0.1) is 5.92 Å². The predicted octanol–water partition coefficient (Wildman–Crippen LogP) is 1.43. The van der Waals surface area contributed by atoms with Gasteiger partial charge in [-0.1, -0.05) is 6.42 Å². The van der Waals surface area contributed by atoms with Crippen molar-refractivity contribution in [1.82, 2.24) is 10.6 Å². The van der Waals surface area contributed by atoms with Crippen LogP contribution >= 0.6 is 0 Å². The van der Waals surface area contributed by atoms with Crippen LogP contribution < -0.4 is 10.6 Å². The van der Waals surface area contributed by atoms with Crippen LogP contribution in [0.25, 0.3) is 0 Å². The zero-order valence-corrected chi connectivity index (χ0v) is 9.59. The molecule has 2 rings (SSSR count). The SMILES string of the molecule is CC(NC(=O)CC1CCCN1)C1CCC1. The minimum Gasteiger partial charge on any atom is -0.353 e. The number of carbonyl (C=O) groups is 1. The molecule has 0 aromatic rings. The minimum absolute atomic E-state index is 0.230. The molecule has 1 aliphatic carbocycles. The van der Waals surface area contributed by atoms with Gasteiger partial charge < -0.3 is 10.6 Å². The first-order valence-corrected chi connectivity index (χ1v) is 6.28. The number of amides is 1. The van der Waals surface area contributed by atoms with Gasteiger partial charge in [-0.3, -0.25) is 4.79 Å². The molecule has 3 nitrogen and oxygen atoms in total. The summed E-state index contributed by atoms with van der Waals surface area (Å²) in [5.74, 6) is 0.972. The lowest BCUT2D eigenvalue weighted by Gasteiger charge is -2.32. The topological polar surface area (TPSA) is 41.1 Å². The van der Waals surface area contributed by atoms with E-state index < -0.39 is 0 Å². The van der Waals surface area contributed by atoms with Crippen LogP contribution in [0.15, 0.2) is 0 Å². The van der Waals surface area contributed by atoms with E-state index in [1.165, 1.54) is 25.7 Å². The summed E-state index contributed by atoms with van der Waals surface area (Å²) in [6, 6.07) is 0.811. The second kappa shape index (κ2) is 4.97. The molecule has 0 spiro atoms. The smallest absolute Gasteiger partial charge is 0.221 e. The first-order chi connectivity index (χ1) is 7.25. The van der Waals surface area contributed by atoms with Crippen molar-refractivity contribution in [1.29, 1.82) is 0 Å². The Bertz CT molecular complexity index is 220. The summed E-state index contributed by atoms with van der Waals surface area (Å²) < 4.78 is 0. The lowest BCUT2D eigenvalue weighted by atomic mass is 9.80. The van der Waals surface area contributed by atoms with Crippen LogP contribution in [0.5, 0.6) is 0 Å². The fourth-order valence-corrected chi connectivity index (χ4v) is 2.53. The van der Waals surface area contributed by atoms with Crippen molar-refractivity contribution >= 4 is 5.91 Å². The summed E-state index contributed by atoms with van der Waals surface area (Å²) in [6.07, 6.45) is 6.97. The summed E-state index contributed by atoms with van der Waals surface area (Å²) >= 11 is 0. The van der Waals surface area contributed by atoms with Crippen molar-refractivity contribution in [2.75, 3.05) is 6.54 Å². The Hall–Kier alpha value is -0.570. The Kier molecular flexibility index (Phi) is 3.62. The van der Waals surface area contributed by atoms with Crippen LogP contribution in [-0.4, -0.2) is 24.5 Å². The van der Waals surface area contributed by atoms with Crippen molar-refractivity contribution in [2.45, 2.75) is 57.5 Å². The molecule has 1 amide bonds. The van der Waals surface area contributed by atoms with Crippen LogP contribution in [0.1, 0.15) is 45.4 Å². The summed E-state index contributed by atoms with van der Waals surface area (Å²) in [5, 5.41) is 6.49. The quantitative estimate of drug-likeness (QED) is 0.737. The number of carbonyl (C=O) groups excluding carboxylic acids is 1.